The Morgan fingerprint density at radius 2 is 1.84 bits per heavy atom. The normalized spacial score (nSPS) is 18.1. The molecule has 1 aliphatic heterocycles. The molecule has 1 N–H and O–H groups in total. The van der Waals surface area contributed by atoms with Gasteiger partial charge in [-0.2, -0.15) is 0 Å². The number of fused-ring (bicyclic) bond motifs is 1. The minimum Gasteiger partial charge on any atom is -0.454 e. The van der Waals surface area contributed by atoms with Crippen LogP contribution in [0.5, 0.6) is 11.5 Å². The van der Waals surface area contributed by atoms with Crippen molar-refractivity contribution in [3.63, 3.8) is 0 Å². The average molecular weight is 284 g/mol. The van der Waals surface area contributed by atoms with Crippen LogP contribution in [0.4, 0.5) is 0 Å². The van der Waals surface area contributed by atoms with E-state index in [1.807, 2.05) is 6.07 Å². The third kappa shape index (κ3) is 3.77. The molecule has 3 nitrogen and oxygen atoms in total. The van der Waals surface area contributed by atoms with E-state index in [0.29, 0.717) is 6.79 Å². The van der Waals surface area contributed by atoms with Crippen molar-refractivity contribution >= 4 is 12.4 Å². The molecule has 106 valence electrons. The van der Waals surface area contributed by atoms with Gasteiger partial charge in [-0.05, 0) is 43.0 Å². The van der Waals surface area contributed by atoms with Crippen LogP contribution in [0.25, 0.3) is 0 Å². The van der Waals surface area contributed by atoms with Gasteiger partial charge in [0.25, 0.3) is 0 Å². The lowest BCUT2D eigenvalue weighted by atomic mass is 9.89. The van der Waals surface area contributed by atoms with E-state index in [-0.39, 0.29) is 12.4 Å². The SMILES string of the molecule is Cl.c1cc2c(cc1CNCC1CCCCC1)OCO2. The molecule has 1 saturated carbocycles. The van der Waals surface area contributed by atoms with Gasteiger partial charge in [-0.15, -0.1) is 12.4 Å². The van der Waals surface area contributed by atoms with Crippen molar-refractivity contribution in [2.24, 2.45) is 5.92 Å². The fourth-order valence-corrected chi connectivity index (χ4v) is 2.86. The van der Waals surface area contributed by atoms with Gasteiger partial charge in [0.2, 0.25) is 6.79 Å². The Bertz CT molecular complexity index is 405. The largest absolute Gasteiger partial charge is 0.454 e. The monoisotopic (exact) mass is 283 g/mol. The molecule has 1 heterocycles. The molecule has 1 aliphatic carbocycles. The van der Waals surface area contributed by atoms with Crippen LogP contribution in [0.15, 0.2) is 18.2 Å². The first kappa shape index (κ1) is 14.5. The van der Waals surface area contributed by atoms with Crippen LogP contribution in [0.1, 0.15) is 37.7 Å². The Kier molecular flexibility index (Phi) is 5.34. The van der Waals surface area contributed by atoms with Crippen LogP contribution in [0.3, 0.4) is 0 Å². The number of nitrogens with one attached hydrogen (secondary N) is 1. The van der Waals surface area contributed by atoms with E-state index in [2.05, 4.69) is 17.4 Å². The van der Waals surface area contributed by atoms with Crippen molar-refractivity contribution < 1.29 is 9.47 Å². The van der Waals surface area contributed by atoms with Gasteiger partial charge in [0, 0.05) is 6.54 Å². The standard InChI is InChI=1S/C15H21NO2.ClH/c1-2-4-12(5-3-1)9-16-10-13-6-7-14-15(8-13)18-11-17-14;/h6-8,12,16H,1-5,9-11H2;1H. The Morgan fingerprint density at radius 1 is 1.05 bits per heavy atom. The summed E-state index contributed by atoms with van der Waals surface area (Å²) in [5, 5.41) is 3.57. The molecule has 0 aromatic heterocycles. The molecule has 0 radical (unpaired) electrons. The molecule has 0 spiro atoms. The molecule has 1 aromatic rings. The van der Waals surface area contributed by atoms with Gasteiger partial charge >= 0.3 is 0 Å². The van der Waals surface area contributed by atoms with Crippen LogP contribution in [0, 0.1) is 5.92 Å². The highest BCUT2D eigenvalue weighted by molar-refractivity contribution is 5.85. The summed E-state index contributed by atoms with van der Waals surface area (Å²) >= 11 is 0. The molecule has 4 heteroatoms. The summed E-state index contributed by atoms with van der Waals surface area (Å²) in [5.74, 6) is 2.63. The zero-order valence-corrected chi connectivity index (χ0v) is 12.0. The van der Waals surface area contributed by atoms with E-state index in [9.17, 15) is 0 Å². The van der Waals surface area contributed by atoms with E-state index in [4.69, 9.17) is 9.47 Å². The minimum atomic E-state index is 0. The summed E-state index contributed by atoms with van der Waals surface area (Å²) < 4.78 is 10.7. The van der Waals surface area contributed by atoms with E-state index in [0.717, 1.165) is 30.5 Å². The highest BCUT2D eigenvalue weighted by atomic mass is 35.5. The molecule has 1 aromatic carbocycles. The maximum absolute atomic E-state index is 5.39. The second-order valence-corrected chi connectivity index (χ2v) is 5.32. The van der Waals surface area contributed by atoms with Crippen LogP contribution >= 0.6 is 12.4 Å². The third-order valence-electron chi connectivity index (χ3n) is 3.92. The zero-order chi connectivity index (χ0) is 12.2. The summed E-state index contributed by atoms with van der Waals surface area (Å²) in [5.41, 5.74) is 1.27. The summed E-state index contributed by atoms with van der Waals surface area (Å²) in [6.45, 7) is 2.43. The molecule has 0 atom stereocenters. The van der Waals surface area contributed by atoms with E-state index in [1.54, 1.807) is 0 Å². The smallest absolute Gasteiger partial charge is 0.231 e. The van der Waals surface area contributed by atoms with Gasteiger partial charge < -0.3 is 14.8 Å². The number of halogens is 1. The molecule has 2 aliphatic rings. The van der Waals surface area contributed by atoms with E-state index >= 15 is 0 Å². The van der Waals surface area contributed by atoms with Crippen LogP contribution in [0.2, 0.25) is 0 Å². The maximum atomic E-state index is 5.39. The Balaban J connectivity index is 0.00000133. The first-order chi connectivity index (χ1) is 8.92. The Hall–Kier alpha value is -0.930. The molecule has 0 unspecified atom stereocenters. The van der Waals surface area contributed by atoms with Gasteiger partial charge in [-0.3, -0.25) is 0 Å². The van der Waals surface area contributed by atoms with Gasteiger partial charge in [-0.1, -0.05) is 25.3 Å². The van der Waals surface area contributed by atoms with Crippen LogP contribution in [-0.2, 0) is 6.54 Å². The van der Waals surface area contributed by atoms with Gasteiger partial charge in [0.15, 0.2) is 11.5 Å². The second kappa shape index (κ2) is 7.01. The topological polar surface area (TPSA) is 30.5 Å². The number of benzene rings is 1. The molecule has 0 amide bonds. The fraction of sp³-hybridized carbons (Fsp3) is 0.600. The second-order valence-electron chi connectivity index (χ2n) is 5.32. The number of hydrogen-bond acceptors (Lipinski definition) is 3. The lowest BCUT2D eigenvalue weighted by Gasteiger charge is -2.21. The molecular weight excluding hydrogens is 262 g/mol. The Morgan fingerprint density at radius 3 is 2.68 bits per heavy atom. The fourth-order valence-electron chi connectivity index (χ4n) is 2.86. The lowest BCUT2D eigenvalue weighted by molar-refractivity contribution is 0.174. The van der Waals surface area contributed by atoms with Gasteiger partial charge in [0.05, 0.1) is 0 Å². The van der Waals surface area contributed by atoms with Gasteiger partial charge in [-0.25, -0.2) is 0 Å². The van der Waals surface area contributed by atoms with Crippen molar-refractivity contribution in [2.45, 2.75) is 38.6 Å². The summed E-state index contributed by atoms with van der Waals surface area (Å²) in [7, 11) is 0. The van der Waals surface area contributed by atoms with E-state index in [1.165, 1.54) is 37.7 Å². The summed E-state index contributed by atoms with van der Waals surface area (Å²) in [6, 6.07) is 6.19. The first-order valence-electron chi connectivity index (χ1n) is 7.01. The van der Waals surface area contributed by atoms with Crippen LogP contribution in [-0.4, -0.2) is 13.3 Å². The van der Waals surface area contributed by atoms with Crippen molar-refractivity contribution in [2.75, 3.05) is 13.3 Å². The summed E-state index contributed by atoms with van der Waals surface area (Å²) in [4.78, 5) is 0. The molecule has 19 heavy (non-hydrogen) atoms. The molecule has 0 bridgehead atoms. The van der Waals surface area contributed by atoms with Crippen molar-refractivity contribution in [1.82, 2.24) is 5.32 Å². The molecule has 3 rings (SSSR count). The maximum Gasteiger partial charge on any atom is 0.231 e. The zero-order valence-electron chi connectivity index (χ0n) is 11.2. The van der Waals surface area contributed by atoms with Crippen molar-refractivity contribution in [3.05, 3.63) is 23.8 Å². The molecule has 0 saturated heterocycles. The lowest BCUT2D eigenvalue weighted by Crippen LogP contribution is -2.24. The van der Waals surface area contributed by atoms with Crippen LogP contribution < -0.4 is 14.8 Å². The average Bonchev–Trinajstić information content (AvgIpc) is 2.87. The quantitative estimate of drug-likeness (QED) is 0.917. The third-order valence-corrected chi connectivity index (χ3v) is 3.92. The van der Waals surface area contributed by atoms with Gasteiger partial charge in [0.1, 0.15) is 0 Å². The van der Waals surface area contributed by atoms with Crippen molar-refractivity contribution in [1.29, 1.82) is 0 Å². The first-order valence-corrected chi connectivity index (χ1v) is 7.01. The highest BCUT2D eigenvalue weighted by Gasteiger charge is 2.14. The van der Waals surface area contributed by atoms with Crippen molar-refractivity contribution in [3.8, 4) is 11.5 Å². The predicted molar refractivity (Wildman–Crippen MR) is 78.1 cm³/mol. The summed E-state index contributed by atoms with van der Waals surface area (Å²) in [6.07, 6.45) is 7.05. The molecular formula is C15H22ClNO2. The van der Waals surface area contributed by atoms with E-state index < -0.39 is 0 Å². The number of rotatable bonds is 4. The number of ether oxygens (including phenoxy) is 2. The highest BCUT2D eigenvalue weighted by Crippen LogP contribution is 2.32. The Labute approximate surface area is 121 Å². The molecule has 1 fully saturated rings. The minimum absolute atomic E-state index is 0. The number of hydrogen-bond donors (Lipinski definition) is 1. The predicted octanol–water partition coefficient (Wildman–Crippen LogP) is 3.51.